The second-order valence-electron chi connectivity index (χ2n) is 5.26. The molecular formula is C16H22N2O3. The molecule has 0 unspecified atom stereocenters. The Balaban J connectivity index is 1.98. The normalized spacial score (nSPS) is 16.4. The summed E-state index contributed by atoms with van der Waals surface area (Å²) in [5, 5.41) is 0. The molecule has 1 aliphatic rings. The van der Waals surface area contributed by atoms with Crippen molar-refractivity contribution in [3.05, 3.63) is 29.8 Å². The molecule has 0 bridgehead atoms. The number of rotatable bonds is 4. The van der Waals surface area contributed by atoms with E-state index in [1.807, 2.05) is 17.0 Å². The van der Waals surface area contributed by atoms with Gasteiger partial charge in [-0.05, 0) is 18.6 Å². The summed E-state index contributed by atoms with van der Waals surface area (Å²) >= 11 is 0. The van der Waals surface area contributed by atoms with Crippen molar-refractivity contribution < 1.29 is 14.3 Å². The molecule has 0 N–H and O–H groups in total. The van der Waals surface area contributed by atoms with Crippen LogP contribution in [0.25, 0.3) is 0 Å². The number of hydrogen-bond acceptors (Lipinski definition) is 4. The fraction of sp³-hybridized carbons (Fsp3) is 0.500. The maximum absolute atomic E-state index is 12.4. The van der Waals surface area contributed by atoms with Gasteiger partial charge < -0.3 is 9.64 Å². The van der Waals surface area contributed by atoms with E-state index in [0.29, 0.717) is 24.4 Å². The van der Waals surface area contributed by atoms with E-state index in [0.717, 1.165) is 26.1 Å². The van der Waals surface area contributed by atoms with Crippen LogP contribution in [0.2, 0.25) is 0 Å². The summed E-state index contributed by atoms with van der Waals surface area (Å²) in [6.07, 6.45) is 0.902. The average Bonchev–Trinajstić information content (AvgIpc) is 2.72. The van der Waals surface area contributed by atoms with Crippen molar-refractivity contribution in [3.8, 4) is 5.75 Å². The molecule has 1 aromatic rings. The Hall–Kier alpha value is -1.88. The highest BCUT2D eigenvalue weighted by Gasteiger charge is 2.20. The molecule has 1 fully saturated rings. The van der Waals surface area contributed by atoms with Crippen molar-refractivity contribution in [2.75, 3.05) is 39.8 Å². The van der Waals surface area contributed by atoms with E-state index in [1.54, 1.807) is 26.2 Å². The van der Waals surface area contributed by atoms with Gasteiger partial charge in [-0.2, -0.15) is 0 Å². The van der Waals surface area contributed by atoms with Crippen molar-refractivity contribution in [1.82, 2.24) is 9.80 Å². The van der Waals surface area contributed by atoms with Gasteiger partial charge in [0.15, 0.2) is 5.78 Å². The van der Waals surface area contributed by atoms with Crippen molar-refractivity contribution in [2.24, 2.45) is 0 Å². The summed E-state index contributed by atoms with van der Waals surface area (Å²) in [6, 6.07) is 7.29. The van der Waals surface area contributed by atoms with Gasteiger partial charge in [0.25, 0.3) is 0 Å². The minimum Gasteiger partial charge on any atom is -0.496 e. The van der Waals surface area contributed by atoms with Crippen LogP contribution in [-0.4, -0.2) is 61.3 Å². The molecule has 1 aliphatic heterocycles. The monoisotopic (exact) mass is 290 g/mol. The summed E-state index contributed by atoms with van der Waals surface area (Å²) in [7, 11) is 1.57. The predicted octanol–water partition coefficient (Wildman–Crippen LogP) is 1.43. The molecule has 5 heteroatoms. The number of amides is 1. The molecule has 0 aliphatic carbocycles. The largest absolute Gasteiger partial charge is 0.496 e. The topological polar surface area (TPSA) is 49.9 Å². The third kappa shape index (κ3) is 4.04. The van der Waals surface area contributed by atoms with E-state index < -0.39 is 0 Å². The fourth-order valence-electron chi connectivity index (χ4n) is 2.61. The van der Waals surface area contributed by atoms with E-state index >= 15 is 0 Å². The van der Waals surface area contributed by atoms with Gasteiger partial charge in [0.05, 0.1) is 19.2 Å². The fourth-order valence-corrected chi connectivity index (χ4v) is 2.61. The Labute approximate surface area is 125 Å². The quantitative estimate of drug-likeness (QED) is 0.787. The maximum Gasteiger partial charge on any atom is 0.219 e. The van der Waals surface area contributed by atoms with Gasteiger partial charge in [-0.3, -0.25) is 14.5 Å². The van der Waals surface area contributed by atoms with E-state index in [2.05, 4.69) is 4.90 Å². The Morgan fingerprint density at radius 3 is 2.62 bits per heavy atom. The van der Waals surface area contributed by atoms with Crippen LogP contribution in [0.4, 0.5) is 0 Å². The van der Waals surface area contributed by atoms with Crippen molar-refractivity contribution in [1.29, 1.82) is 0 Å². The van der Waals surface area contributed by atoms with Crippen molar-refractivity contribution >= 4 is 11.7 Å². The number of benzene rings is 1. The van der Waals surface area contributed by atoms with Gasteiger partial charge >= 0.3 is 0 Å². The number of ether oxygens (including phenoxy) is 1. The predicted molar refractivity (Wildman–Crippen MR) is 80.6 cm³/mol. The lowest BCUT2D eigenvalue weighted by Gasteiger charge is -2.20. The second kappa shape index (κ2) is 7.22. The summed E-state index contributed by atoms with van der Waals surface area (Å²) < 4.78 is 5.24. The molecule has 5 nitrogen and oxygen atoms in total. The van der Waals surface area contributed by atoms with Crippen molar-refractivity contribution in [2.45, 2.75) is 13.3 Å². The average molecular weight is 290 g/mol. The Kier molecular flexibility index (Phi) is 5.33. The molecule has 114 valence electrons. The lowest BCUT2D eigenvalue weighted by Crippen LogP contribution is -2.35. The van der Waals surface area contributed by atoms with Crippen LogP contribution in [0, 0.1) is 0 Å². The van der Waals surface area contributed by atoms with Gasteiger partial charge in [-0.1, -0.05) is 12.1 Å². The number of methoxy groups -OCH3 is 1. The zero-order valence-corrected chi connectivity index (χ0v) is 12.7. The van der Waals surface area contributed by atoms with Gasteiger partial charge in [0.1, 0.15) is 5.75 Å². The van der Waals surface area contributed by atoms with Gasteiger partial charge in [0, 0.05) is 33.1 Å². The smallest absolute Gasteiger partial charge is 0.219 e. The molecule has 0 aromatic heterocycles. The summed E-state index contributed by atoms with van der Waals surface area (Å²) in [5.41, 5.74) is 0.618. The van der Waals surface area contributed by atoms with Gasteiger partial charge in [0.2, 0.25) is 5.91 Å². The van der Waals surface area contributed by atoms with Crippen LogP contribution < -0.4 is 4.74 Å². The minimum absolute atomic E-state index is 0.0590. The molecule has 2 rings (SSSR count). The molecule has 1 heterocycles. The first kappa shape index (κ1) is 15.5. The van der Waals surface area contributed by atoms with Crippen LogP contribution in [-0.2, 0) is 4.79 Å². The molecule has 0 saturated carbocycles. The number of hydrogen-bond donors (Lipinski definition) is 0. The Morgan fingerprint density at radius 1 is 1.14 bits per heavy atom. The summed E-state index contributed by atoms with van der Waals surface area (Å²) in [5.74, 6) is 0.777. The van der Waals surface area contributed by atoms with E-state index in [-0.39, 0.29) is 11.7 Å². The van der Waals surface area contributed by atoms with Gasteiger partial charge in [-0.15, -0.1) is 0 Å². The Bertz CT molecular complexity index is 516. The molecule has 1 aromatic carbocycles. The molecule has 0 atom stereocenters. The third-order valence-corrected chi connectivity index (χ3v) is 3.81. The molecule has 1 amide bonds. The van der Waals surface area contributed by atoms with Crippen LogP contribution in [0.15, 0.2) is 24.3 Å². The van der Waals surface area contributed by atoms with E-state index in [1.165, 1.54) is 0 Å². The molecule has 0 radical (unpaired) electrons. The summed E-state index contributed by atoms with van der Waals surface area (Å²) in [6.45, 7) is 5.00. The van der Waals surface area contributed by atoms with Crippen LogP contribution in [0.5, 0.6) is 5.75 Å². The number of ketones is 1. The number of para-hydroxylation sites is 1. The number of carbonyl (C=O) groups is 2. The number of Topliss-reactive ketones (excluding diaryl/α,β-unsaturated/α-hetero) is 1. The van der Waals surface area contributed by atoms with Crippen molar-refractivity contribution in [3.63, 3.8) is 0 Å². The maximum atomic E-state index is 12.4. The molecule has 0 spiro atoms. The zero-order valence-electron chi connectivity index (χ0n) is 12.7. The summed E-state index contributed by atoms with van der Waals surface area (Å²) in [4.78, 5) is 27.8. The lowest BCUT2D eigenvalue weighted by molar-refractivity contribution is -0.128. The molecule has 21 heavy (non-hydrogen) atoms. The zero-order chi connectivity index (χ0) is 15.2. The molecule has 1 saturated heterocycles. The van der Waals surface area contributed by atoms with Crippen LogP contribution in [0.3, 0.4) is 0 Å². The van der Waals surface area contributed by atoms with Crippen LogP contribution >= 0.6 is 0 Å². The minimum atomic E-state index is 0.0590. The third-order valence-electron chi connectivity index (χ3n) is 3.81. The Morgan fingerprint density at radius 2 is 1.90 bits per heavy atom. The first-order valence-corrected chi connectivity index (χ1v) is 7.26. The highest BCUT2D eigenvalue weighted by molar-refractivity contribution is 6.00. The molecular weight excluding hydrogens is 268 g/mol. The number of nitrogens with zero attached hydrogens (tertiary/aromatic N) is 2. The number of carbonyl (C=O) groups excluding carboxylic acids is 2. The standard InChI is InChI=1S/C16H22N2O3/c1-13(19)18-9-5-8-17(10-11-18)12-15(20)14-6-3-4-7-16(14)21-2/h3-4,6-7H,5,8-12H2,1-2H3. The SMILES string of the molecule is COc1ccccc1C(=O)CN1CCCN(C(C)=O)CC1. The first-order chi connectivity index (χ1) is 10.1. The second-order valence-corrected chi connectivity index (χ2v) is 5.26. The highest BCUT2D eigenvalue weighted by Crippen LogP contribution is 2.18. The van der Waals surface area contributed by atoms with Crippen LogP contribution in [0.1, 0.15) is 23.7 Å². The highest BCUT2D eigenvalue weighted by atomic mass is 16.5. The first-order valence-electron chi connectivity index (χ1n) is 7.26. The lowest BCUT2D eigenvalue weighted by atomic mass is 10.1. The van der Waals surface area contributed by atoms with Gasteiger partial charge in [-0.25, -0.2) is 0 Å². The van der Waals surface area contributed by atoms with E-state index in [9.17, 15) is 9.59 Å². The van der Waals surface area contributed by atoms with E-state index in [4.69, 9.17) is 4.74 Å².